The first kappa shape index (κ1) is 20.2. The van der Waals surface area contributed by atoms with E-state index in [1.165, 1.54) is 19.8 Å². The van der Waals surface area contributed by atoms with Crippen LogP contribution in [0.4, 0.5) is 0 Å². The first-order valence-electron chi connectivity index (χ1n) is 10.9. The lowest BCUT2D eigenvalue weighted by Gasteiger charge is -2.31. The number of hydrogen-bond donors (Lipinski definition) is 2. The second-order valence-electron chi connectivity index (χ2n) is 9.76. The zero-order valence-electron chi connectivity index (χ0n) is 17.6. The molecule has 4 aliphatic rings. The van der Waals surface area contributed by atoms with Crippen molar-refractivity contribution in [1.82, 2.24) is 20.4 Å². The van der Waals surface area contributed by atoms with Gasteiger partial charge < -0.3 is 20.4 Å². The zero-order chi connectivity index (χ0) is 20.9. The summed E-state index contributed by atoms with van der Waals surface area (Å²) in [4.78, 5) is 52.8. The molecule has 2 heterocycles. The minimum absolute atomic E-state index is 0.0188. The van der Waals surface area contributed by atoms with Gasteiger partial charge in [-0.3, -0.25) is 19.2 Å². The number of piperidine rings is 1. The highest BCUT2D eigenvalue weighted by atomic mass is 16.2. The van der Waals surface area contributed by atoms with E-state index in [4.69, 9.17) is 0 Å². The molecule has 160 valence electrons. The molecule has 4 atom stereocenters. The molecule has 2 aliphatic heterocycles. The van der Waals surface area contributed by atoms with Crippen molar-refractivity contribution in [2.24, 2.45) is 17.8 Å². The Morgan fingerprint density at radius 3 is 2.24 bits per heavy atom. The standard InChI is InChI=1S/C21H32N4O4/c1-12(26)23-21(2,3)20(29)24-10-15-16(11-24)18(15)22-19(28)13-8-17(27)25(9-13)14-6-4-5-7-14/h13-16,18H,4-11H2,1-3H3,(H,22,28)(H,23,26)/t13?,15-,16+,18?. The fourth-order valence-electron chi connectivity index (χ4n) is 5.55. The monoisotopic (exact) mass is 404 g/mol. The molecule has 0 spiro atoms. The molecule has 0 radical (unpaired) electrons. The molecule has 4 rings (SSSR count). The molecule has 0 aromatic heterocycles. The Balaban J connectivity index is 1.25. The summed E-state index contributed by atoms with van der Waals surface area (Å²) < 4.78 is 0. The van der Waals surface area contributed by atoms with Crippen LogP contribution in [0.1, 0.15) is 52.9 Å². The molecular formula is C21H32N4O4. The maximum absolute atomic E-state index is 12.7. The summed E-state index contributed by atoms with van der Waals surface area (Å²) in [5.41, 5.74) is -0.921. The van der Waals surface area contributed by atoms with Crippen molar-refractivity contribution in [1.29, 1.82) is 0 Å². The Bertz CT molecular complexity index is 718. The van der Waals surface area contributed by atoms with Gasteiger partial charge in [-0.25, -0.2) is 0 Å². The molecule has 2 saturated heterocycles. The van der Waals surface area contributed by atoms with Crippen LogP contribution < -0.4 is 10.6 Å². The highest BCUT2D eigenvalue weighted by Gasteiger charge is 2.58. The predicted octanol–water partition coefficient (Wildman–Crippen LogP) is 0.265. The highest BCUT2D eigenvalue weighted by Crippen LogP contribution is 2.46. The van der Waals surface area contributed by atoms with Gasteiger partial charge in [-0.2, -0.15) is 0 Å². The minimum Gasteiger partial charge on any atom is -0.352 e. The maximum atomic E-state index is 12.7. The van der Waals surface area contributed by atoms with Gasteiger partial charge in [0, 0.05) is 56.9 Å². The summed E-state index contributed by atoms with van der Waals surface area (Å²) in [7, 11) is 0. The van der Waals surface area contributed by atoms with Crippen molar-refractivity contribution in [3.63, 3.8) is 0 Å². The van der Waals surface area contributed by atoms with Gasteiger partial charge in [0.2, 0.25) is 23.6 Å². The summed E-state index contributed by atoms with van der Waals surface area (Å²) in [5, 5.41) is 5.84. The fraction of sp³-hybridized carbons (Fsp3) is 0.810. The van der Waals surface area contributed by atoms with E-state index in [1.807, 2.05) is 4.90 Å². The Hall–Kier alpha value is -2.12. The average Bonchev–Trinajstić information content (AvgIpc) is 3.14. The highest BCUT2D eigenvalue weighted by molar-refractivity contribution is 5.91. The van der Waals surface area contributed by atoms with Crippen LogP contribution in [0.5, 0.6) is 0 Å². The summed E-state index contributed by atoms with van der Waals surface area (Å²) in [5.74, 6) is 0.0906. The van der Waals surface area contributed by atoms with Gasteiger partial charge in [-0.1, -0.05) is 12.8 Å². The predicted molar refractivity (Wildman–Crippen MR) is 105 cm³/mol. The van der Waals surface area contributed by atoms with Gasteiger partial charge >= 0.3 is 0 Å². The van der Waals surface area contributed by atoms with E-state index in [0.29, 0.717) is 32.1 Å². The number of rotatable bonds is 5. The van der Waals surface area contributed by atoms with Gasteiger partial charge in [0.25, 0.3) is 0 Å². The third-order valence-corrected chi connectivity index (χ3v) is 7.11. The lowest BCUT2D eigenvalue weighted by molar-refractivity contribution is -0.139. The molecule has 2 saturated carbocycles. The van der Waals surface area contributed by atoms with Gasteiger partial charge in [-0.15, -0.1) is 0 Å². The third-order valence-electron chi connectivity index (χ3n) is 7.11. The number of nitrogens with zero attached hydrogens (tertiary/aromatic N) is 2. The summed E-state index contributed by atoms with van der Waals surface area (Å²) in [6.07, 6.45) is 4.78. The van der Waals surface area contributed by atoms with Crippen molar-refractivity contribution in [3.8, 4) is 0 Å². The van der Waals surface area contributed by atoms with Crippen LogP contribution in [-0.2, 0) is 19.2 Å². The molecule has 2 unspecified atom stereocenters. The van der Waals surface area contributed by atoms with Crippen LogP contribution in [0.25, 0.3) is 0 Å². The second kappa shape index (κ2) is 7.29. The van der Waals surface area contributed by atoms with Crippen molar-refractivity contribution in [2.45, 2.75) is 70.5 Å². The van der Waals surface area contributed by atoms with Crippen molar-refractivity contribution < 1.29 is 19.2 Å². The second-order valence-corrected chi connectivity index (χ2v) is 9.76. The molecular weight excluding hydrogens is 372 g/mol. The molecule has 29 heavy (non-hydrogen) atoms. The quantitative estimate of drug-likeness (QED) is 0.687. The van der Waals surface area contributed by atoms with E-state index in [9.17, 15) is 19.2 Å². The largest absolute Gasteiger partial charge is 0.352 e. The molecule has 8 heteroatoms. The summed E-state index contributed by atoms with van der Waals surface area (Å²) in [6, 6.07) is 0.429. The van der Waals surface area contributed by atoms with Gasteiger partial charge in [0.1, 0.15) is 5.54 Å². The molecule has 2 aliphatic carbocycles. The molecule has 0 aromatic rings. The number of hydrogen-bond acceptors (Lipinski definition) is 4. The van der Waals surface area contributed by atoms with E-state index >= 15 is 0 Å². The Morgan fingerprint density at radius 2 is 1.66 bits per heavy atom. The Labute approximate surface area is 171 Å². The van der Waals surface area contributed by atoms with Gasteiger partial charge in [0.05, 0.1) is 5.92 Å². The molecule has 0 aromatic carbocycles. The van der Waals surface area contributed by atoms with Crippen molar-refractivity contribution in [2.75, 3.05) is 19.6 Å². The summed E-state index contributed by atoms with van der Waals surface area (Å²) in [6.45, 7) is 6.60. The average molecular weight is 405 g/mol. The van der Waals surface area contributed by atoms with Crippen LogP contribution in [0, 0.1) is 17.8 Å². The van der Waals surface area contributed by atoms with Gasteiger partial charge in [0.15, 0.2) is 0 Å². The Kier molecular flexibility index (Phi) is 5.07. The smallest absolute Gasteiger partial charge is 0.247 e. The molecule has 0 bridgehead atoms. The lowest BCUT2D eigenvalue weighted by atomic mass is 10.0. The number of likely N-dealkylation sites (tertiary alicyclic amines) is 2. The molecule has 4 fully saturated rings. The normalized spacial score (nSPS) is 31.8. The number of amides is 4. The van der Waals surface area contributed by atoms with E-state index in [1.54, 1.807) is 18.7 Å². The van der Waals surface area contributed by atoms with E-state index in [0.717, 1.165) is 12.8 Å². The van der Waals surface area contributed by atoms with Crippen LogP contribution in [0.15, 0.2) is 0 Å². The summed E-state index contributed by atoms with van der Waals surface area (Å²) >= 11 is 0. The SMILES string of the molecule is CC(=O)NC(C)(C)C(=O)N1C[C@@H]2C(NC(=O)C3CC(=O)N(C4CCCC4)C3)[C@@H]2C1. The van der Waals surface area contributed by atoms with Crippen LogP contribution in [0.2, 0.25) is 0 Å². The third kappa shape index (κ3) is 3.85. The lowest BCUT2D eigenvalue weighted by Crippen LogP contribution is -2.55. The van der Waals surface area contributed by atoms with Crippen LogP contribution in [0.3, 0.4) is 0 Å². The molecule has 8 nitrogen and oxygen atoms in total. The minimum atomic E-state index is -0.921. The molecule has 2 N–H and O–H groups in total. The first-order valence-corrected chi connectivity index (χ1v) is 10.9. The van der Waals surface area contributed by atoms with E-state index in [2.05, 4.69) is 10.6 Å². The maximum Gasteiger partial charge on any atom is 0.247 e. The number of carbonyl (C=O) groups is 4. The van der Waals surface area contributed by atoms with Gasteiger partial charge in [-0.05, 0) is 26.7 Å². The number of carbonyl (C=O) groups excluding carboxylic acids is 4. The van der Waals surface area contributed by atoms with Crippen molar-refractivity contribution >= 4 is 23.6 Å². The number of fused-ring (bicyclic) bond motifs is 1. The van der Waals surface area contributed by atoms with Crippen LogP contribution >= 0.6 is 0 Å². The topological polar surface area (TPSA) is 98.8 Å². The van der Waals surface area contributed by atoms with Crippen molar-refractivity contribution in [3.05, 3.63) is 0 Å². The number of nitrogens with one attached hydrogen (secondary N) is 2. The Morgan fingerprint density at radius 1 is 1.03 bits per heavy atom. The molecule has 4 amide bonds. The van der Waals surface area contributed by atoms with E-state index < -0.39 is 5.54 Å². The zero-order valence-corrected chi connectivity index (χ0v) is 17.6. The van der Waals surface area contributed by atoms with Crippen LogP contribution in [-0.4, -0.2) is 70.7 Å². The first-order chi connectivity index (χ1) is 13.7. The fourth-order valence-corrected chi connectivity index (χ4v) is 5.55. The van der Waals surface area contributed by atoms with E-state index in [-0.39, 0.29) is 47.4 Å².